The third-order valence-corrected chi connectivity index (χ3v) is 3.50. The number of nitro groups is 2. The first-order valence-electron chi connectivity index (χ1n) is 8.16. The molecule has 0 saturated carbocycles. The molecule has 0 N–H and O–H groups in total. The van der Waals surface area contributed by atoms with Gasteiger partial charge in [0, 0.05) is 49.2 Å². The molecule has 2 rings (SSSR count). The van der Waals surface area contributed by atoms with Gasteiger partial charge in [0.25, 0.3) is 11.4 Å². The smallest absolute Gasteiger partial charge is 0.305 e. The van der Waals surface area contributed by atoms with E-state index in [0.717, 1.165) is 26.0 Å². The topological polar surface area (TPSA) is 148 Å². The first-order valence-corrected chi connectivity index (χ1v) is 8.16. The van der Waals surface area contributed by atoms with Crippen LogP contribution in [-0.2, 0) is 23.8 Å². The normalized spacial score (nSPS) is 12.5. The minimum Gasteiger partial charge on any atom is -0.431 e. The standard InChI is InChI=1S/C18H16N2O9/c1-11(21)27-17(13-5-3-7-15(9-13)19(23)24)29-18(28-12(2)22)14-6-4-8-16(10-14)20(25)26/h3-10,17-18H,1-2H3. The Morgan fingerprint density at radius 2 is 1.17 bits per heavy atom. The van der Waals surface area contributed by atoms with Crippen LogP contribution < -0.4 is 0 Å². The van der Waals surface area contributed by atoms with Gasteiger partial charge in [0.05, 0.1) is 9.85 Å². The lowest BCUT2D eigenvalue weighted by molar-refractivity contribution is -0.385. The van der Waals surface area contributed by atoms with Gasteiger partial charge >= 0.3 is 11.9 Å². The van der Waals surface area contributed by atoms with E-state index >= 15 is 0 Å². The van der Waals surface area contributed by atoms with E-state index < -0.39 is 34.4 Å². The van der Waals surface area contributed by atoms with Crippen LogP contribution in [0.15, 0.2) is 48.5 Å². The van der Waals surface area contributed by atoms with Crippen molar-refractivity contribution >= 4 is 23.3 Å². The Morgan fingerprint density at radius 1 is 0.793 bits per heavy atom. The van der Waals surface area contributed by atoms with Crippen molar-refractivity contribution in [2.75, 3.05) is 0 Å². The van der Waals surface area contributed by atoms with Gasteiger partial charge in [-0.3, -0.25) is 34.6 Å². The first-order chi connectivity index (χ1) is 13.7. The van der Waals surface area contributed by atoms with Crippen LogP contribution in [0.4, 0.5) is 11.4 Å². The summed E-state index contributed by atoms with van der Waals surface area (Å²) < 4.78 is 15.7. The van der Waals surface area contributed by atoms with Crippen molar-refractivity contribution in [1.29, 1.82) is 0 Å². The van der Waals surface area contributed by atoms with Crippen molar-refractivity contribution in [2.24, 2.45) is 0 Å². The molecule has 0 radical (unpaired) electrons. The Kier molecular flexibility index (Phi) is 6.93. The summed E-state index contributed by atoms with van der Waals surface area (Å²) in [6, 6.07) is 10.3. The molecule has 0 spiro atoms. The number of carbonyl (C=O) groups excluding carboxylic acids is 2. The maximum Gasteiger partial charge on any atom is 0.305 e. The van der Waals surface area contributed by atoms with Gasteiger partial charge in [-0.25, -0.2) is 0 Å². The number of hydrogen-bond acceptors (Lipinski definition) is 9. The summed E-state index contributed by atoms with van der Waals surface area (Å²) in [4.78, 5) is 43.7. The maximum atomic E-state index is 11.5. The molecule has 0 heterocycles. The summed E-state index contributed by atoms with van der Waals surface area (Å²) in [7, 11) is 0. The van der Waals surface area contributed by atoms with E-state index in [2.05, 4.69) is 0 Å². The van der Waals surface area contributed by atoms with Crippen LogP contribution in [0.25, 0.3) is 0 Å². The van der Waals surface area contributed by atoms with Crippen molar-refractivity contribution in [2.45, 2.75) is 26.4 Å². The number of non-ortho nitro benzene ring substituents is 2. The van der Waals surface area contributed by atoms with E-state index in [0.29, 0.717) is 0 Å². The second kappa shape index (κ2) is 9.37. The first kappa shape index (κ1) is 21.4. The van der Waals surface area contributed by atoms with Crippen molar-refractivity contribution in [3.05, 3.63) is 79.9 Å². The fourth-order valence-electron chi connectivity index (χ4n) is 2.33. The lowest BCUT2D eigenvalue weighted by Crippen LogP contribution is -2.19. The van der Waals surface area contributed by atoms with Gasteiger partial charge in [0.2, 0.25) is 12.6 Å². The summed E-state index contributed by atoms with van der Waals surface area (Å²) in [5.41, 5.74) is -0.334. The molecule has 0 saturated heterocycles. The molecule has 0 fully saturated rings. The fraction of sp³-hybridized carbons (Fsp3) is 0.222. The molecule has 0 aliphatic rings. The van der Waals surface area contributed by atoms with Crippen LogP contribution in [-0.4, -0.2) is 21.8 Å². The minimum absolute atomic E-state index is 0.108. The monoisotopic (exact) mass is 404 g/mol. The lowest BCUT2D eigenvalue weighted by Gasteiger charge is -2.24. The number of benzene rings is 2. The highest BCUT2D eigenvalue weighted by Gasteiger charge is 2.27. The molecule has 0 bridgehead atoms. The third-order valence-electron chi connectivity index (χ3n) is 3.50. The van der Waals surface area contributed by atoms with Crippen LogP contribution >= 0.6 is 0 Å². The van der Waals surface area contributed by atoms with E-state index in [1.54, 1.807) is 0 Å². The largest absolute Gasteiger partial charge is 0.431 e. The quantitative estimate of drug-likeness (QED) is 0.279. The molecule has 0 aromatic heterocycles. The molecule has 0 aliphatic carbocycles. The van der Waals surface area contributed by atoms with Crippen LogP contribution in [0.3, 0.4) is 0 Å². The average Bonchev–Trinajstić information content (AvgIpc) is 2.66. The average molecular weight is 404 g/mol. The highest BCUT2D eigenvalue weighted by Crippen LogP contribution is 2.32. The Bertz CT molecular complexity index is 869. The van der Waals surface area contributed by atoms with Gasteiger partial charge in [0.15, 0.2) is 0 Å². The molecule has 2 unspecified atom stereocenters. The number of nitro benzene ring substituents is 2. The Labute approximate surface area is 164 Å². The SMILES string of the molecule is CC(=O)OC(OC(OC(C)=O)c1cccc([N+](=O)[O-])c1)c1cccc([N+](=O)[O-])c1. The molecular weight excluding hydrogens is 388 g/mol. The Balaban J connectivity index is 2.43. The van der Waals surface area contributed by atoms with E-state index in [1.165, 1.54) is 36.4 Å². The highest BCUT2D eigenvalue weighted by atomic mass is 16.8. The number of esters is 2. The molecule has 0 aliphatic heterocycles. The second-order valence-electron chi connectivity index (χ2n) is 5.72. The minimum atomic E-state index is -1.48. The molecular formula is C18H16N2O9. The van der Waals surface area contributed by atoms with Gasteiger partial charge in [-0.05, 0) is 0 Å². The van der Waals surface area contributed by atoms with Crippen LogP contribution in [0.2, 0.25) is 0 Å². The van der Waals surface area contributed by atoms with Gasteiger partial charge in [-0.15, -0.1) is 0 Å². The number of hydrogen-bond donors (Lipinski definition) is 0. The lowest BCUT2D eigenvalue weighted by atomic mass is 10.1. The zero-order valence-corrected chi connectivity index (χ0v) is 15.3. The van der Waals surface area contributed by atoms with Gasteiger partial charge in [-0.1, -0.05) is 24.3 Å². The molecule has 11 heteroatoms. The summed E-state index contributed by atoms with van der Waals surface area (Å²) in [6.07, 6.45) is -2.95. The third kappa shape index (κ3) is 6.07. The Morgan fingerprint density at radius 3 is 1.48 bits per heavy atom. The number of nitrogens with zero attached hydrogens (tertiary/aromatic N) is 2. The molecule has 2 aromatic carbocycles. The molecule has 152 valence electrons. The van der Waals surface area contributed by atoms with Crippen molar-refractivity contribution in [3.8, 4) is 0 Å². The second-order valence-corrected chi connectivity index (χ2v) is 5.72. The molecule has 2 aromatic rings. The predicted molar refractivity (Wildman–Crippen MR) is 96.3 cm³/mol. The van der Waals surface area contributed by atoms with E-state index in [9.17, 15) is 29.8 Å². The Hall–Kier alpha value is -3.86. The predicted octanol–water partition coefficient (Wildman–Crippen LogP) is 3.34. The van der Waals surface area contributed by atoms with Gasteiger partial charge in [-0.2, -0.15) is 0 Å². The zero-order valence-electron chi connectivity index (χ0n) is 15.3. The van der Waals surface area contributed by atoms with Gasteiger partial charge < -0.3 is 9.47 Å². The number of rotatable bonds is 8. The number of carbonyl (C=O) groups is 2. The van der Waals surface area contributed by atoms with E-state index in [4.69, 9.17) is 14.2 Å². The molecule has 11 nitrogen and oxygen atoms in total. The molecule has 29 heavy (non-hydrogen) atoms. The van der Waals surface area contributed by atoms with Crippen molar-refractivity contribution in [3.63, 3.8) is 0 Å². The zero-order chi connectivity index (χ0) is 21.6. The van der Waals surface area contributed by atoms with Crippen molar-refractivity contribution in [1.82, 2.24) is 0 Å². The highest BCUT2D eigenvalue weighted by molar-refractivity contribution is 5.66. The molecule has 0 amide bonds. The number of ether oxygens (including phenoxy) is 3. The van der Waals surface area contributed by atoms with Crippen LogP contribution in [0.1, 0.15) is 37.6 Å². The summed E-state index contributed by atoms with van der Waals surface area (Å²) in [5, 5.41) is 22.0. The maximum absolute atomic E-state index is 11.5. The fourth-order valence-corrected chi connectivity index (χ4v) is 2.33. The van der Waals surface area contributed by atoms with Crippen LogP contribution in [0.5, 0.6) is 0 Å². The van der Waals surface area contributed by atoms with E-state index in [-0.39, 0.29) is 22.5 Å². The molecule has 2 atom stereocenters. The summed E-state index contributed by atoms with van der Waals surface area (Å²) in [6.45, 7) is 2.20. The van der Waals surface area contributed by atoms with Gasteiger partial charge in [0.1, 0.15) is 0 Å². The van der Waals surface area contributed by atoms with Crippen LogP contribution in [0, 0.1) is 20.2 Å². The summed E-state index contributed by atoms with van der Waals surface area (Å²) >= 11 is 0. The van der Waals surface area contributed by atoms with Crippen molar-refractivity contribution < 1.29 is 33.6 Å². The summed E-state index contributed by atoms with van der Waals surface area (Å²) in [5.74, 6) is -1.52. The van der Waals surface area contributed by atoms with E-state index in [1.807, 2.05) is 0 Å².